The molecule has 0 aliphatic carbocycles. The highest BCUT2D eigenvalue weighted by molar-refractivity contribution is 5.89. The second-order valence-electron chi connectivity index (χ2n) is 3.79. The van der Waals surface area contributed by atoms with Crippen LogP contribution in [0.25, 0.3) is 0 Å². The van der Waals surface area contributed by atoms with E-state index in [-0.39, 0.29) is 12.5 Å². The zero-order valence-electron chi connectivity index (χ0n) is 9.98. The van der Waals surface area contributed by atoms with Gasteiger partial charge in [0, 0.05) is 12.2 Å². The summed E-state index contributed by atoms with van der Waals surface area (Å²) in [4.78, 5) is 22.0. The van der Waals surface area contributed by atoms with Crippen molar-refractivity contribution in [3.8, 4) is 0 Å². The number of carbonyl (C=O) groups excluding carboxylic acids is 1. The van der Waals surface area contributed by atoms with E-state index < -0.39 is 5.97 Å². The molecular formula is C12H17N3O3. The first kappa shape index (κ1) is 14.0. The van der Waals surface area contributed by atoms with Crippen molar-refractivity contribution in [3.05, 3.63) is 29.8 Å². The molecule has 1 rings (SSSR count). The summed E-state index contributed by atoms with van der Waals surface area (Å²) in [6.07, 6.45) is 0.650. The number of nitrogens with two attached hydrogens (primary N) is 1. The predicted octanol–water partition coefficient (Wildman–Crippen LogP) is 0.784. The number of hydrogen-bond acceptors (Lipinski definition) is 3. The molecule has 5 N–H and O–H groups in total. The Bertz CT molecular complexity index is 421. The molecule has 1 aromatic carbocycles. The number of carbonyl (C=O) groups is 2. The lowest BCUT2D eigenvalue weighted by Crippen LogP contribution is -2.30. The average Bonchev–Trinajstić information content (AvgIpc) is 2.28. The Hall–Kier alpha value is -2.08. The first-order valence-electron chi connectivity index (χ1n) is 5.67. The van der Waals surface area contributed by atoms with Gasteiger partial charge in [0.05, 0.1) is 6.42 Å². The van der Waals surface area contributed by atoms with Crippen molar-refractivity contribution in [1.29, 1.82) is 0 Å². The van der Waals surface area contributed by atoms with Crippen LogP contribution in [0.1, 0.15) is 12.0 Å². The van der Waals surface area contributed by atoms with E-state index in [1.807, 2.05) is 0 Å². The number of hydrogen-bond donors (Lipinski definition) is 4. The number of anilines is 1. The van der Waals surface area contributed by atoms with E-state index in [1.165, 1.54) is 0 Å². The highest BCUT2D eigenvalue weighted by Gasteiger charge is 2.04. The topological polar surface area (TPSA) is 104 Å². The lowest BCUT2D eigenvalue weighted by Gasteiger charge is -2.08. The number of benzene rings is 1. The smallest absolute Gasteiger partial charge is 0.319 e. The van der Waals surface area contributed by atoms with Gasteiger partial charge < -0.3 is 21.5 Å². The molecule has 0 bridgehead atoms. The lowest BCUT2D eigenvalue weighted by atomic mass is 10.1. The molecule has 0 fully saturated rings. The Kier molecular flexibility index (Phi) is 5.66. The fourth-order valence-electron chi connectivity index (χ4n) is 1.41. The summed E-state index contributed by atoms with van der Waals surface area (Å²) in [6.45, 7) is 1.03. The molecule has 98 valence electrons. The van der Waals surface area contributed by atoms with Crippen LogP contribution in [0.15, 0.2) is 24.3 Å². The molecule has 6 nitrogen and oxygen atoms in total. The number of rotatable bonds is 6. The summed E-state index contributed by atoms with van der Waals surface area (Å²) in [5, 5.41) is 13.9. The molecule has 2 amide bonds. The van der Waals surface area contributed by atoms with Crippen LogP contribution in [0.4, 0.5) is 10.5 Å². The maximum absolute atomic E-state index is 11.4. The monoisotopic (exact) mass is 251 g/mol. The second-order valence-corrected chi connectivity index (χ2v) is 3.79. The highest BCUT2D eigenvalue weighted by Crippen LogP contribution is 2.11. The van der Waals surface area contributed by atoms with E-state index in [1.54, 1.807) is 24.3 Å². The first-order chi connectivity index (χ1) is 8.61. The first-order valence-corrected chi connectivity index (χ1v) is 5.67. The molecule has 1 aromatic rings. The van der Waals surface area contributed by atoms with Gasteiger partial charge >= 0.3 is 12.0 Å². The molecule has 0 radical (unpaired) electrons. The van der Waals surface area contributed by atoms with Gasteiger partial charge in [-0.05, 0) is 30.7 Å². The molecule has 0 aliphatic rings. The molecule has 0 aromatic heterocycles. The van der Waals surface area contributed by atoms with E-state index in [9.17, 15) is 9.59 Å². The van der Waals surface area contributed by atoms with Crippen LogP contribution >= 0.6 is 0 Å². The molecular weight excluding hydrogens is 234 g/mol. The van der Waals surface area contributed by atoms with Gasteiger partial charge in [-0.25, -0.2) is 4.79 Å². The average molecular weight is 251 g/mol. The number of amides is 2. The van der Waals surface area contributed by atoms with E-state index in [0.29, 0.717) is 30.8 Å². The van der Waals surface area contributed by atoms with Crippen molar-refractivity contribution in [3.63, 3.8) is 0 Å². The summed E-state index contributed by atoms with van der Waals surface area (Å²) in [7, 11) is 0. The maximum Gasteiger partial charge on any atom is 0.319 e. The molecule has 6 heteroatoms. The van der Waals surface area contributed by atoms with Crippen molar-refractivity contribution in [2.24, 2.45) is 5.73 Å². The van der Waals surface area contributed by atoms with Gasteiger partial charge in [-0.2, -0.15) is 0 Å². The Morgan fingerprint density at radius 1 is 1.33 bits per heavy atom. The van der Waals surface area contributed by atoms with Crippen LogP contribution in [0, 0.1) is 0 Å². The van der Waals surface area contributed by atoms with Crippen LogP contribution in [-0.2, 0) is 11.2 Å². The van der Waals surface area contributed by atoms with Gasteiger partial charge in [-0.3, -0.25) is 4.79 Å². The number of carboxylic acids is 1. The van der Waals surface area contributed by atoms with Crippen LogP contribution in [0.2, 0.25) is 0 Å². The fraction of sp³-hybridized carbons (Fsp3) is 0.333. The van der Waals surface area contributed by atoms with Crippen molar-refractivity contribution >= 4 is 17.7 Å². The van der Waals surface area contributed by atoms with Crippen molar-refractivity contribution in [2.45, 2.75) is 12.8 Å². The van der Waals surface area contributed by atoms with Gasteiger partial charge in [0.2, 0.25) is 0 Å². The van der Waals surface area contributed by atoms with Crippen molar-refractivity contribution in [1.82, 2.24) is 5.32 Å². The largest absolute Gasteiger partial charge is 0.481 e. The van der Waals surface area contributed by atoms with E-state index in [2.05, 4.69) is 10.6 Å². The molecule has 0 atom stereocenters. The third-order valence-corrected chi connectivity index (χ3v) is 2.21. The van der Waals surface area contributed by atoms with E-state index >= 15 is 0 Å². The molecule has 0 saturated carbocycles. The second kappa shape index (κ2) is 7.29. The quantitative estimate of drug-likeness (QED) is 0.561. The standard InChI is InChI=1S/C12H17N3O3/c13-5-2-6-14-12(18)15-10-4-1-3-9(7-10)8-11(16)17/h1,3-4,7H,2,5-6,8,13H2,(H,16,17)(H2,14,15,18). The minimum atomic E-state index is -0.903. The SMILES string of the molecule is NCCCNC(=O)Nc1cccc(CC(=O)O)c1. The van der Waals surface area contributed by atoms with Crippen molar-refractivity contribution in [2.75, 3.05) is 18.4 Å². The van der Waals surface area contributed by atoms with Crippen LogP contribution < -0.4 is 16.4 Å². The minimum Gasteiger partial charge on any atom is -0.481 e. The summed E-state index contributed by atoms with van der Waals surface area (Å²) >= 11 is 0. The highest BCUT2D eigenvalue weighted by atomic mass is 16.4. The fourth-order valence-corrected chi connectivity index (χ4v) is 1.41. The molecule has 0 unspecified atom stereocenters. The Balaban J connectivity index is 2.51. The third kappa shape index (κ3) is 5.31. The number of urea groups is 1. The normalized spacial score (nSPS) is 9.83. The Morgan fingerprint density at radius 2 is 2.11 bits per heavy atom. The van der Waals surface area contributed by atoms with Gasteiger partial charge in [0.1, 0.15) is 0 Å². The van der Waals surface area contributed by atoms with Crippen LogP contribution in [0.5, 0.6) is 0 Å². The lowest BCUT2D eigenvalue weighted by molar-refractivity contribution is -0.136. The van der Waals surface area contributed by atoms with Crippen molar-refractivity contribution < 1.29 is 14.7 Å². The molecule has 0 saturated heterocycles. The minimum absolute atomic E-state index is 0.0652. The van der Waals surface area contributed by atoms with Gasteiger partial charge in [-0.1, -0.05) is 12.1 Å². The van der Waals surface area contributed by atoms with E-state index in [0.717, 1.165) is 0 Å². The molecule has 0 spiro atoms. The maximum atomic E-state index is 11.4. The molecule has 18 heavy (non-hydrogen) atoms. The molecule has 0 aliphatic heterocycles. The third-order valence-electron chi connectivity index (χ3n) is 2.21. The number of nitrogens with one attached hydrogen (secondary N) is 2. The van der Waals surface area contributed by atoms with Crippen LogP contribution in [0.3, 0.4) is 0 Å². The zero-order chi connectivity index (χ0) is 13.4. The number of aliphatic carboxylic acids is 1. The predicted molar refractivity (Wildman–Crippen MR) is 68.5 cm³/mol. The summed E-state index contributed by atoms with van der Waals surface area (Å²) in [5.74, 6) is -0.903. The summed E-state index contributed by atoms with van der Waals surface area (Å²) < 4.78 is 0. The van der Waals surface area contributed by atoms with Crippen LogP contribution in [-0.4, -0.2) is 30.2 Å². The van der Waals surface area contributed by atoms with E-state index in [4.69, 9.17) is 10.8 Å². The van der Waals surface area contributed by atoms with Gasteiger partial charge in [0.25, 0.3) is 0 Å². The van der Waals surface area contributed by atoms with Gasteiger partial charge in [0.15, 0.2) is 0 Å². The summed E-state index contributed by atoms with van der Waals surface area (Å²) in [6, 6.07) is 6.42. The Morgan fingerprint density at radius 3 is 2.78 bits per heavy atom. The number of carboxylic acid groups (broad SMARTS) is 1. The Labute approximate surface area is 105 Å². The summed E-state index contributed by atoms with van der Waals surface area (Å²) in [5.41, 5.74) is 6.52. The zero-order valence-corrected chi connectivity index (χ0v) is 9.98. The van der Waals surface area contributed by atoms with Gasteiger partial charge in [-0.15, -0.1) is 0 Å². The molecule has 0 heterocycles.